The molecule has 3 atom stereocenters. The maximum atomic E-state index is 13.3. The minimum Gasteiger partial charge on any atom is -0.481 e. The molecule has 0 radical (unpaired) electrons. The lowest BCUT2D eigenvalue weighted by atomic mass is 10.0. The van der Waals surface area contributed by atoms with E-state index in [0.717, 1.165) is 18.4 Å². The average Bonchev–Trinajstić information content (AvgIpc) is 3.07. The number of likely N-dealkylation sites (tertiary alicyclic amines) is 1. The zero-order valence-electron chi connectivity index (χ0n) is 11.0. The van der Waals surface area contributed by atoms with Gasteiger partial charge >= 0.3 is 5.97 Å². The van der Waals surface area contributed by atoms with Crippen LogP contribution in [0.2, 0.25) is 0 Å². The SMILES string of the molecule is O=C(O)[C@@H]1C[C@@H]1C(=O)N1CCC[C@H]1c1cccc(F)c1. The molecule has 1 saturated heterocycles. The number of benzene rings is 1. The van der Waals surface area contributed by atoms with E-state index < -0.39 is 11.9 Å². The number of carboxylic acid groups (broad SMARTS) is 1. The van der Waals surface area contributed by atoms with Crippen molar-refractivity contribution in [3.05, 3.63) is 35.6 Å². The van der Waals surface area contributed by atoms with Crippen molar-refractivity contribution in [1.29, 1.82) is 0 Å². The van der Waals surface area contributed by atoms with Gasteiger partial charge in [-0.15, -0.1) is 0 Å². The molecule has 1 aromatic rings. The van der Waals surface area contributed by atoms with Crippen LogP contribution in [-0.4, -0.2) is 28.4 Å². The van der Waals surface area contributed by atoms with Gasteiger partial charge in [0.25, 0.3) is 0 Å². The predicted octanol–water partition coefficient (Wildman–Crippen LogP) is 2.21. The van der Waals surface area contributed by atoms with Gasteiger partial charge in [-0.25, -0.2) is 4.39 Å². The Hall–Kier alpha value is -1.91. The fourth-order valence-electron chi connectivity index (χ4n) is 3.04. The lowest BCUT2D eigenvalue weighted by Gasteiger charge is -2.25. The highest BCUT2D eigenvalue weighted by molar-refractivity contribution is 5.89. The monoisotopic (exact) mass is 277 g/mol. The lowest BCUT2D eigenvalue weighted by molar-refractivity contribution is -0.142. The summed E-state index contributed by atoms with van der Waals surface area (Å²) < 4.78 is 13.3. The molecule has 1 aromatic carbocycles. The topological polar surface area (TPSA) is 57.6 Å². The molecular weight excluding hydrogens is 261 g/mol. The van der Waals surface area contributed by atoms with Crippen molar-refractivity contribution in [2.45, 2.75) is 25.3 Å². The summed E-state index contributed by atoms with van der Waals surface area (Å²) in [6.07, 6.45) is 2.11. The third-order valence-corrected chi connectivity index (χ3v) is 4.19. The van der Waals surface area contributed by atoms with Crippen LogP contribution in [0.1, 0.15) is 30.9 Å². The lowest BCUT2D eigenvalue weighted by Crippen LogP contribution is -2.32. The van der Waals surface area contributed by atoms with Crippen LogP contribution in [0.4, 0.5) is 4.39 Å². The first-order chi connectivity index (χ1) is 9.58. The third-order valence-electron chi connectivity index (χ3n) is 4.19. The number of aliphatic carboxylic acids is 1. The quantitative estimate of drug-likeness (QED) is 0.921. The summed E-state index contributed by atoms with van der Waals surface area (Å²) in [5.74, 6) is -2.22. The molecule has 5 heteroatoms. The highest BCUT2D eigenvalue weighted by Gasteiger charge is 2.51. The van der Waals surface area contributed by atoms with Gasteiger partial charge < -0.3 is 10.0 Å². The Bertz CT molecular complexity index is 560. The summed E-state index contributed by atoms with van der Waals surface area (Å²) in [6.45, 7) is 0.628. The van der Waals surface area contributed by atoms with Crippen LogP contribution in [0.25, 0.3) is 0 Å². The van der Waals surface area contributed by atoms with E-state index >= 15 is 0 Å². The molecule has 106 valence electrons. The molecular formula is C15H16FNO3. The fraction of sp³-hybridized carbons (Fsp3) is 0.467. The number of carbonyl (C=O) groups is 2. The van der Waals surface area contributed by atoms with Crippen LogP contribution in [0.5, 0.6) is 0 Å². The number of amides is 1. The molecule has 0 unspecified atom stereocenters. The van der Waals surface area contributed by atoms with Gasteiger partial charge in [0, 0.05) is 6.54 Å². The van der Waals surface area contributed by atoms with Crippen LogP contribution in [0.15, 0.2) is 24.3 Å². The average molecular weight is 277 g/mol. The molecule has 1 N–H and O–H groups in total. The van der Waals surface area contributed by atoms with E-state index in [1.165, 1.54) is 12.1 Å². The Morgan fingerprint density at radius 1 is 1.30 bits per heavy atom. The van der Waals surface area contributed by atoms with Crippen LogP contribution in [-0.2, 0) is 9.59 Å². The van der Waals surface area contributed by atoms with E-state index in [-0.39, 0.29) is 23.7 Å². The Labute approximate surface area is 116 Å². The fourth-order valence-corrected chi connectivity index (χ4v) is 3.04. The summed E-state index contributed by atoms with van der Waals surface area (Å²) in [5.41, 5.74) is 0.795. The molecule has 2 fully saturated rings. The van der Waals surface area contributed by atoms with Gasteiger partial charge in [0.05, 0.1) is 17.9 Å². The van der Waals surface area contributed by atoms with Crippen molar-refractivity contribution in [3.8, 4) is 0 Å². The summed E-state index contributed by atoms with van der Waals surface area (Å²) in [6, 6.07) is 6.18. The van der Waals surface area contributed by atoms with Gasteiger partial charge in [0.1, 0.15) is 5.82 Å². The number of nitrogens with zero attached hydrogens (tertiary/aromatic N) is 1. The minimum absolute atomic E-state index is 0.0934. The van der Waals surface area contributed by atoms with Crippen molar-refractivity contribution in [2.75, 3.05) is 6.54 Å². The van der Waals surface area contributed by atoms with Gasteiger partial charge in [-0.05, 0) is 37.0 Å². The molecule has 1 aliphatic heterocycles. The third kappa shape index (κ3) is 2.28. The molecule has 1 saturated carbocycles. The molecule has 1 aliphatic carbocycles. The second-order valence-corrected chi connectivity index (χ2v) is 5.53. The molecule has 0 bridgehead atoms. The smallest absolute Gasteiger partial charge is 0.307 e. The number of hydrogen-bond donors (Lipinski definition) is 1. The number of carboxylic acids is 1. The van der Waals surface area contributed by atoms with Crippen LogP contribution in [0.3, 0.4) is 0 Å². The molecule has 1 heterocycles. The summed E-state index contributed by atoms with van der Waals surface area (Å²) in [7, 11) is 0. The van der Waals surface area contributed by atoms with Crippen molar-refractivity contribution < 1.29 is 19.1 Å². The molecule has 3 rings (SSSR count). The van der Waals surface area contributed by atoms with Crippen LogP contribution in [0, 0.1) is 17.7 Å². The van der Waals surface area contributed by atoms with Gasteiger partial charge in [0.2, 0.25) is 5.91 Å². The largest absolute Gasteiger partial charge is 0.481 e. The second kappa shape index (κ2) is 4.89. The van der Waals surface area contributed by atoms with E-state index in [1.54, 1.807) is 11.0 Å². The zero-order valence-corrected chi connectivity index (χ0v) is 11.0. The first kappa shape index (κ1) is 13.1. The van der Waals surface area contributed by atoms with E-state index in [9.17, 15) is 14.0 Å². The summed E-state index contributed by atoms with van der Waals surface area (Å²) in [4.78, 5) is 25.0. The Morgan fingerprint density at radius 3 is 2.75 bits per heavy atom. The van der Waals surface area contributed by atoms with Gasteiger partial charge in [0.15, 0.2) is 0 Å². The van der Waals surface area contributed by atoms with E-state index in [0.29, 0.717) is 13.0 Å². The number of hydrogen-bond acceptors (Lipinski definition) is 2. The van der Waals surface area contributed by atoms with Crippen molar-refractivity contribution >= 4 is 11.9 Å². The predicted molar refractivity (Wildman–Crippen MR) is 69.3 cm³/mol. The zero-order chi connectivity index (χ0) is 14.3. The first-order valence-corrected chi connectivity index (χ1v) is 6.86. The van der Waals surface area contributed by atoms with Gasteiger partial charge in [-0.2, -0.15) is 0 Å². The number of carbonyl (C=O) groups excluding carboxylic acids is 1. The van der Waals surface area contributed by atoms with Crippen molar-refractivity contribution in [1.82, 2.24) is 4.90 Å². The molecule has 20 heavy (non-hydrogen) atoms. The Morgan fingerprint density at radius 2 is 2.10 bits per heavy atom. The Kier molecular flexibility index (Phi) is 3.20. The molecule has 0 spiro atoms. The molecule has 2 aliphatic rings. The highest BCUT2D eigenvalue weighted by atomic mass is 19.1. The molecule has 0 aromatic heterocycles. The normalized spacial score (nSPS) is 28.4. The van der Waals surface area contributed by atoms with Gasteiger partial charge in [-0.1, -0.05) is 12.1 Å². The van der Waals surface area contributed by atoms with E-state index in [2.05, 4.69) is 0 Å². The number of halogens is 1. The van der Waals surface area contributed by atoms with Crippen molar-refractivity contribution in [2.24, 2.45) is 11.8 Å². The maximum absolute atomic E-state index is 13.3. The molecule has 4 nitrogen and oxygen atoms in total. The van der Waals surface area contributed by atoms with E-state index in [4.69, 9.17) is 5.11 Å². The van der Waals surface area contributed by atoms with Crippen LogP contribution < -0.4 is 0 Å². The minimum atomic E-state index is -0.898. The summed E-state index contributed by atoms with van der Waals surface area (Å²) in [5, 5.41) is 8.91. The second-order valence-electron chi connectivity index (χ2n) is 5.53. The number of rotatable bonds is 3. The maximum Gasteiger partial charge on any atom is 0.307 e. The highest BCUT2D eigenvalue weighted by Crippen LogP contribution is 2.43. The van der Waals surface area contributed by atoms with Crippen molar-refractivity contribution in [3.63, 3.8) is 0 Å². The van der Waals surface area contributed by atoms with Crippen LogP contribution >= 0.6 is 0 Å². The summed E-state index contributed by atoms with van der Waals surface area (Å²) >= 11 is 0. The Balaban J connectivity index is 1.76. The standard InChI is InChI=1S/C15H16FNO3/c16-10-4-1-3-9(7-10)13-5-2-6-17(13)14(18)11-8-12(11)15(19)20/h1,3-4,7,11-13H,2,5-6,8H2,(H,19,20)/t11-,12+,13-/m0/s1. The van der Waals surface area contributed by atoms with Gasteiger partial charge in [-0.3, -0.25) is 9.59 Å². The van der Waals surface area contributed by atoms with E-state index in [1.807, 2.05) is 6.07 Å². The first-order valence-electron chi connectivity index (χ1n) is 6.86. The molecule has 1 amide bonds.